The molecule has 2 rings (SSSR count). The van der Waals surface area contributed by atoms with Crippen molar-refractivity contribution in [2.75, 3.05) is 6.61 Å². The number of allylic oxidation sites excluding steroid dienone is 2. The molecule has 2 aliphatic carbocycles. The first-order valence-electron chi connectivity index (χ1n) is 7.08. The van der Waals surface area contributed by atoms with E-state index in [0.29, 0.717) is 13.0 Å². The van der Waals surface area contributed by atoms with Crippen molar-refractivity contribution in [3.8, 4) is 0 Å². The van der Waals surface area contributed by atoms with Crippen LogP contribution >= 0.6 is 0 Å². The van der Waals surface area contributed by atoms with Gasteiger partial charge in [-0.25, -0.2) is 0 Å². The molecule has 0 saturated heterocycles. The Balaban J connectivity index is 1.86. The van der Waals surface area contributed by atoms with Crippen LogP contribution in [-0.4, -0.2) is 30.4 Å². The van der Waals surface area contributed by atoms with E-state index in [4.69, 9.17) is 14.2 Å². The molecule has 0 amide bonds. The van der Waals surface area contributed by atoms with Crippen LogP contribution in [0.4, 0.5) is 0 Å². The normalized spacial score (nSPS) is 29.8. The number of fused-ring (bicyclic) bond motifs is 2. The molecule has 112 valence electrons. The average molecular weight is 282 g/mol. The summed E-state index contributed by atoms with van der Waals surface area (Å²) < 4.78 is 16.2. The van der Waals surface area contributed by atoms with Gasteiger partial charge in [-0.15, -0.1) is 0 Å². The van der Waals surface area contributed by atoms with Crippen molar-refractivity contribution in [3.05, 3.63) is 12.2 Å². The monoisotopic (exact) mass is 282 g/mol. The van der Waals surface area contributed by atoms with Gasteiger partial charge in [-0.3, -0.25) is 9.59 Å². The Labute approximate surface area is 119 Å². The Bertz CT molecular complexity index is 426. The fraction of sp³-hybridized carbons (Fsp3) is 0.733. The lowest BCUT2D eigenvalue weighted by atomic mass is 9.94. The number of hydrogen-bond acceptors (Lipinski definition) is 5. The minimum absolute atomic E-state index is 0.103. The summed E-state index contributed by atoms with van der Waals surface area (Å²) in [6.07, 6.45) is 3.55. The lowest BCUT2D eigenvalue weighted by Crippen LogP contribution is -2.36. The zero-order chi connectivity index (χ0) is 14.9. The van der Waals surface area contributed by atoms with E-state index >= 15 is 0 Å². The standard InChI is InChI=1S/C15H22O5/c1-5-18-15(3,4)20-9(2)19-14(17)12-8-10-6-7-11(12)13(10)16/h6-7,9-12H,5,8H2,1-4H3. The topological polar surface area (TPSA) is 61.8 Å². The molecule has 20 heavy (non-hydrogen) atoms. The van der Waals surface area contributed by atoms with Crippen molar-refractivity contribution in [1.29, 1.82) is 0 Å². The third-order valence-corrected chi connectivity index (χ3v) is 3.71. The van der Waals surface area contributed by atoms with Crippen LogP contribution in [0.5, 0.6) is 0 Å². The molecule has 0 spiro atoms. The molecule has 4 atom stereocenters. The molecule has 1 fully saturated rings. The third-order valence-electron chi connectivity index (χ3n) is 3.71. The van der Waals surface area contributed by atoms with Crippen LogP contribution < -0.4 is 0 Å². The number of hydrogen-bond donors (Lipinski definition) is 0. The summed E-state index contributed by atoms with van der Waals surface area (Å²) in [5.41, 5.74) is 0. The summed E-state index contributed by atoms with van der Waals surface area (Å²) in [5.74, 6) is -1.81. The Morgan fingerprint density at radius 3 is 2.65 bits per heavy atom. The summed E-state index contributed by atoms with van der Waals surface area (Å²) in [7, 11) is 0. The van der Waals surface area contributed by atoms with Gasteiger partial charge in [0.2, 0.25) is 6.29 Å². The van der Waals surface area contributed by atoms with E-state index in [9.17, 15) is 9.59 Å². The van der Waals surface area contributed by atoms with Crippen molar-refractivity contribution >= 4 is 11.8 Å². The van der Waals surface area contributed by atoms with Gasteiger partial charge in [0, 0.05) is 18.4 Å². The van der Waals surface area contributed by atoms with Gasteiger partial charge in [-0.05, 0) is 34.1 Å². The third kappa shape index (κ3) is 3.10. The summed E-state index contributed by atoms with van der Waals surface area (Å²) in [6, 6.07) is 0. The van der Waals surface area contributed by atoms with Crippen LogP contribution in [0.1, 0.15) is 34.1 Å². The number of esters is 1. The molecule has 0 aromatic heterocycles. The maximum absolute atomic E-state index is 12.1. The summed E-state index contributed by atoms with van der Waals surface area (Å²) >= 11 is 0. The molecule has 2 aliphatic rings. The van der Waals surface area contributed by atoms with Crippen LogP contribution in [0.25, 0.3) is 0 Å². The van der Waals surface area contributed by atoms with Crippen LogP contribution in [-0.2, 0) is 23.8 Å². The summed E-state index contributed by atoms with van der Waals surface area (Å²) in [6.45, 7) is 7.58. The van der Waals surface area contributed by atoms with E-state index in [1.165, 1.54) is 0 Å². The quantitative estimate of drug-likeness (QED) is 0.424. The second-order valence-corrected chi connectivity index (χ2v) is 5.72. The highest BCUT2D eigenvalue weighted by atomic mass is 16.8. The van der Waals surface area contributed by atoms with Crippen molar-refractivity contribution < 1.29 is 23.8 Å². The molecular formula is C15H22O5. The van der Waals surface area contributed by atoms with E-state index in [0.717, 1.165) is 0 Å². The molecule has 0 heterocycles. The fourth-order valence-electron chi connectivity index (χ4n) is 2.94. The van der Waals surface area contributed by atoms with E-state index in [2.05, 4.69) is 0 Å². The van der Waals surface area contributed by atoms with Crippen molar-refractivity contribution in [2.24, 2.45) is 17.8 Å². The van der Waals surface area contributed by atoms with Crippen molar-refractivity contribution in [1.82, 2.24) is 0 Å². The van der Waals surface area contributed by atoms with Crippen LogP contribution in [0.3, 0.4) is 0 Å². The van der Waals surface area contributed by atoms with Crippen molar-refractivity contribution in [2.45, 2.75) is 46.2 Å². The van der Waals surface area contributed by atoms with E-state index in [-0.39, 0.29) is 29.5 Å². The smallest absolute Gasteiger partial charge is 0.312 e. The average Bonchev–Trinajstić information content (AvgIpc) is 2.83. The molecule has 0 aliphatic heterocycles. The minimum atomic E-state index is -0.807. The number of ketones is 1. The Hall–Kier alpha value is -1.20. The lowest BCUT2D eigenvalue weighted by molar-refractivity contribution is -0.281. The number of carbonyl (C=O) groups is 2. The van der Waals surface area contributed by atoms with Crippen LogP contribution in [0.2, 0.25) is 0 Å². The highest BCUT2D eigenvalue weighted by Gasteiger charge is 2.48. The van der Waals surface area contributed by atoms with Gasteiger partial charge >= 0.3 is 5.97 Å². The second-order valence-electron chi connectivity index (χ2n) is 5.72. The number of carbonyl (C=O) groups excluding carboxylic acids is 2. The molecule has 0 radical (unpaired) electrons. The van der Waals surface area contributed by atoms with Gasteiger partial charge in [0.15, 0.2) is 5.79 Å². The minimum Gasteiger partial charge on any atom is -0.436 e. The first-order valence-corrected chi connectivity index (χ1v) is 7.08. The zero-order valence-electron chi connectivity index (χ0n) is 12.4. The molecule has 5 heteroatoms. The molecule has 0 aromatic carbocycles. The Morgan fingerprint density at radius 2 is 2.15 bits per heavy atom. The van der Waals surface area contributed by atoms with Gasteiger partial charge in [0.05, 0.1) is 5.92 Å². The second kappa shape index (κ2) is 5.66. The highest BCUT2D eigenvalue weighted by molar-refractivity contribution is 5.96. The maximum Gasteiger partial charge on any atom is 0.312 e. The van der Waals surface area contributed by atoms with Gasteiger partial charge in [0.25, 0.3) is 0 Å². The fourth-order valence-corrected chi connectivity index (χ4v) is 2.94. The molecular weight excluding hydrogens is 260 g/mol. The number of Topliss-reactive ketones (excluding diaryl/α,β-unsaturated/α-hetero) is 1. The van der Waals surface area contributed by atoms with Gasteiger partial charge in [-0.1, -0.05) is 12.2 Å². The van der Waals surface area contributed by atoms with Gasteiger partial charge in [0.1, 0.15) is 5.78 Å². The summed E-state index contributed by atoms with van der Waals surface area (Å²) in [5, 5.41) is 0. The van der Waals surface area contributed by atoms with E-state index < -0.39 is 12.1 Å². The molecule has 0 N–H and O–H groups in total. The van der Waals surface area contributed by atoms with Crippen LogP contribution in [0, 0.1) is 17.8 Å². The highest BCUT2D eigenvalue weighted by Crippen LogP contribution is 2.41. The molecule has 2 bridgehead atoms. The predicted octanol–water partition coefficient (Wildman–Crippen LogP) is 2.06. The predicted molar refractivity (Wildman–Crippen MR) is 71.6 cm³/mol. The first-order chi connectivity index (χ1) is 9.34. The molecule has 1 saturated carbocycles. The Kier molecular flexibility index (Phi) is 4.30. The SMILES string of the molecule is CCOC(C)(C)OC(C)OC(=O)C1CC2C=CC1C2=O. The number of ether oxygens (including phenoxy) is 3. The van der Waals surface area contributed by atoms with Crippen molar-refractivity contribution in [3.63, 3.8) is 0 Å². The maximum atomic E-state index is 12.1. The first kappa shape index (κ1) is 15.2. The lowest BCUT2D eigenvalue weighted by Gasteiger charge is -2.29. The molecule has 0 aromatic rings. The van der Waals surface area contributed by atoms with Gasteiger partial charge in [-0.2, -0.15) is 0 Å². The van der Waals surface area contributed by atoms with E-state index in [1.54, 1.807) is 20.8 Å². The molecule has 5 nitrogen and oxygen atoms in total. The van der Waals surface area contributed by atoms with Gasteiger partial charge < -0.3 is 14.2 Å². The summed E-state index contributed by atoms with van der Waals surface area (Å²) in [4.78, 5) is 23.9. The van der Waals surface area contributed by atoms with Crippen LogP contribution in [0.15, 0.2) is 12.2 Å². The zero-order valence-corrected chi connectivity index (χ0v) is 12.4. The largest absolute Gasteiger partial charge is 0.436 e. The van der Waals surface area contributed by atoms with E-state index in [1.807, 2.05) is 19.1 Å². The number of rotatable bonds is 6. The Morgan fingerprint density at radius 1 is 1.45 bits per heavy atom. The molecule has 4 unspecified atom stereocenters.